The molecule has 1 rings (SSSR count). The summed E-state index contributed by atoms with van der Waals surface area (Å²) in [6.45, 7) is 0. The maximum Gasteiger partial charge on any atom is 0.142 e. The molecule has 0 aromatic heterocycles. The number of ether oxygens (including phenoxy) is 1. The van der Waals surface area contributed by atoms with Crippen LogP contribution in [0, 0.1) is 5.82 Å². The van der Waals surface area contributed by atoms with E-state index in [0.717, 1.165) is 0 Å². The first-order chi connectivity index (χ1) is 5.69. The molecule has 0 aliphatic heterocycles. The first kappa shape index (κ1) is 9.62. The SMILES string of the molecule is COc1c(Cl)cc(F)cc1CCl. The van der Waals surface area contributed by atoms with Crippen LogP contribution in [-0.4, -0.2) is 7.11 Å². The smallest absolute Gasteiger partial charge is 0.142 e. The van der Waals surface area contributed by atoms with E-state index in [1.54, 1.807) is 0 Å². The van der Waals surface area contributed by atoms with Crippen molar-refractivity contribution in [2.24, 2.45) is 0 Å². The fourth-order valence-corrected chi connectivity index (χ4v) is 1.44. The van der Waals surface area contributed by atoms with Crippen LogP contribution in [-0.2, 0) is 5.88 Å². The molecule has 0 heterocycles. The minimum Gasteiger partial charge on any atom is -0.495 e. The highest BCUT2D eigenvalue weighted by atomic mass is 35.5. The molecule has 0 amide bonds. The van der Waals surface area contributed by atoms with Gasteiger partial charge in [-0.3, -0.25) is 0 Å². The summed E-state index contributed by atoms with van der Waals surface area (Å²) in [6.07, 6.45) is 0. The number of methoxy groups -OCH3 is 1. The maximum atomic E-state index is 12.7. The third-order valence-electron chi connectivity index (χ3n) is 1.43. The largest absolute Gasteiger partial charge is 0.495 e. The lowest BCUT2D eigenvalue weighted by molar-refractivity contribution is 0.410. The highest BCUT2D eigenvalue weighted by molar-refractivity contribution is 6.32. The van der Waals surface area contributed by atoms with Crippen molar-refractivity contribution in [1.29, 1.82) is 0 Å². The molecule has 0 aliphatic carbocycles. The van der Waals surface area contributed by atoms with E-state index < -0.39 is 5.82 Å². The molecule has 4 heteroatoms. The number of hydrogen-bond acceptors (Lipinski definition) is 1. The van der Waals surface area contributed by atoms with Crippen LogP contribution >= 0.6 is 23.2 Å². The zero-order valence-electron chi connectivity index (χ0n) is 6.40. The Bertz CT molecular complexity index is 289. The lowest BCUT2D eigenvalue weighted by Gasteiger charge is -2.07. The van der Waals surface area contributed by atoms with Crippen molar-refractivity contribution in [3.8, 4) is 5.75 Å². The van der Waals surface area contributed by atoms with E-state index in [4.69, 9.17) is 27.9 Å². The van der Waals surface area contributed by atoms with Gasteiger partial charge in [0, 0.05) is 5.56 Å². The summed E-state index contributed by atoms with van der Waals surface area (Å²) in [5.74, 6) is 0.213. The number of benzene rings is 1. The molecule has 0 saturated heterocycles. The minimum atomic E-state index is -0.406. The Labute approximate surface area is 80.0 Å². The van der Waals surface area contributed by atoms with Gasteiger partial charge in [-0.1, -0.05) is 11.6 Å². The van der Waals surface area contributed by atoms with Gasteiger partial charge in [0.1, 0.15) is 11.6 Å². The van der Waals surface area contributed by atoms with Crippen LogP contribution in [0.4, 0.5) is 4.39 Å². The first-order valence-electron chi connectivity index (χ1n) is 3.27. The molecule has 66 valence electrons. The van der Waals surface area contributed by atoms with Gasteiger partial charge >= 0.3 is 0 Å². The average molecular weight is 209 g/mol. The minimum absolute atomic E-state index is 0.181. The summed E-state index contributed by atoms with van der Waals surface area (Å²) in [4.78, 5) is 0. The maximum absolute atomic E-state index is 12.7. The van der Waals surface area contributed by atoms with Crippen molar-refractivity contribution in [1.82, 2.24) is 0 Å². The van der Waals surface area contributed by atoms with E-state index in [1.807, 2.05) is 0 Å². The first-order valence-corrected chi connectivity index (χ1v) is 4.18. The molecule has 1 aromatic rings. The van der Waals surface area contributed by atoms with Crippen molar-refractivity contribution < 1.29 is 9.13 Å². The van der Waals surface area contributed by atoms with Crippen molar-refractivity contribution >= 4 is 23.2 Å². The topological polar surface area (TPSA) is 9.23 Å². The van der Waals surface area contributed by atoms with Crippen LogP contribution in [0.1, 0.15) is 5.56 Å². The van der Waals surface area contributed by atoms with E-state index in [-0.39, 0.29) is 10.9 Å². The zero-order valence-corrected chi connectivity index (χ0v) is 7.92. The summed E-state index contributed by atoms with van der Waals surface area (Å²) in [5.41, 5.74) is 0.559. The molecule has 0 radical (unpaired) electrons. The molecule has 12 heavy (non-hydrogen) atoms. The predicted molar refractivity (Wildman–Crippen MR) is 47.5 cm³/mol. The molecular formula is C8H7Cl2FO. The molecule has 1 aromatic carbocycles. The van der Waals surface area contributed by atoms with Gasteiger partial charge in [0.25, 0.3) is 0 Å². The number of halogens is 3. The van der Waals surface area contributed by atoms with Crippen LogP contribution in [0.15, 0.2) is 12.1 Å². The second kappa shape index (κ2) is 3.97. The van der Waals surface area contributed by atoms with E-state index in [0.29, 0.717) is 11.3 Å². The van der Waals surface area contributed by atoms with E-state index in [9.17, 15) is 4.39 Å². The van der Waals surface area contributed by atoms with Gasteiger partial charge in [0.05, 0.1) is 18.0 Å². The lowest BCUT2D eigenvalue weighted by Crippen LogP contribution is -1.91. The third kappa shape index (κ3) is 1.82. The molecule has 0 atom stereocenters. The molecular weight excluding hydrogens is 202 g/mol. The summed E-state index contributed by atoms with van der Waals surface area (Å²) >= 11 is 11.2. The Morgan fingerprint density at radius 2 is 2.17 bits per heavy atom. The van der Waals surface area contributed by atoms with Gasteiger partial charge in [-0.25, -0.2) is 4.39 Å². The Kier molecular flexibility index (Phi) is 3.18. The number of rotatable bonds is 2. The molecule has 0 spiro atoms. The van der Waals surface area contributed by atoms with Crippen molar-refractivity contribution in [2.75, 3.05) is 7.11 Å². The highest BCUT2D eigenvalue weighted by Gasteiger charge is 2.08. The van der Waals surface area contributed by atoms with Crippen LogP contribution in [0.3, 0.4) is 0 Å². The molecule has 0 saturated carbocycles. The Morgan fingerprint density at radius 3 is 2.67 bits per heavy atom. The monoisotopic (exact) mass is 208 g/mol. The van der Waals surface area contributed by atoms with Crippen molar-refractivity contribution in [3.63, 3.8) is 0 Å². The Balaban J connectivity index is 3.24. The number of alkyl halides is 1. The third-order valence-corrected chi connectivity index (χ3v) is 2.00. The van der Waals surface area contributed by atoms with Crippen molar-refractivity contribution in [2.45, 2.75) is 5.88 Å². The molecule has 0 N–H and O–H groups in total. The Hall–Kier alpha value is -0.470. The summed E-state index contributed by atoms with van der Waals surface area (Å²) < 4.78 is 17.7. The van der Waals surface area contributed by atoms with Gasteiger partial charge in [0.2, 0.25) is 0 Å². The molecule has 1 nitrogen and oxygen atoms in total. The van der Waals surface area contributed by atoms with Crippen LogP contribution < -0.4 is 4.74 Å². The predicted octanol–water partition coefficient (Wildman–Crippen LogP) is 3.23. The van der Waals surface area contributed by atoms with Gasteiger partial charge < -0.3 is 4.74 Å². The molecule has 0 unspecified atom stereocenters. The lowest BCUT2D eigenvalue weighted by atomic mass is 10.2. The second-order valence-corrected chi connectivity index (χ2v) is 2.89. The summed E-state index contributed by atoms with van der Waals surface area (Å²) in [6, 6.07) is 2.49. The summed E-state index contributed by atoms with van der Waals surface area (Å²) in [5, 5.41) is 0.244. The normalized spacial score (nSPS) is 10.0. The molecule has 0 bridgehead atoms. The molecule has 0 aliphatic rings. The Morgan fingerprint density at radius 1 is 1.50 bits per heavy atom. The van der Waals surface area contributed by atoms with E-state index in [1.165, 1.54) is 19.2 Å². The van der Waals surface area contributed by atoms with Crippen LogP contribution in [0.2, 0.25) is 5.02 Å². The second-order valence-electron chi connectivity index (χ2n) is 2.21. The standard InChI is InChI=1S/C8H7Cl2FO/c1-12-8-5(4-9)2-6(11)3-7(8)10/h2-3H,4H2,1H3. The highest BCUT2D eigenvalue weighted by Crippen LogP contribution is 2.30. The van der Waals surface area contributed by atoms with Crippen LogP contribution in [0.5, 0.6) is 5.75 Å². The van der Waals surface area contributed by atoms with Crippen molar-refractivity contribution in [3.05, 3.63) is 28.5 Å². The van der Waals surface area contributed by atoms with Crippen LogP contribution in [0.25, 0.3) is 0 Å². The number of hydrogen-bond donors (Lipinski definition) is 0. The van der Waals surface area contributed by atoms with E-state index in [2.05, 4.69) is 0 Å². The van der Waals surface area contributed by atoms with Gasteiger partial charge in [-0.15, -0.1) is 11.6 Å². The fourth-order valence-electron chi connectivity index (χ4n) is 0.942. The van der Waals surface area contributed by atoms with Gasteiger partial charge in [0.15, 0.2) is 0 Å². The molecule has 0 fully saturated rings. The van der Waals surface area contributed by atoms with Gasteiger partial charge in [-0.05, 0) is 12.1 Å². The van der Waals surface area contributed by atoms with E-state index >= 15 is 0 Å². The average Bonchev–Trinajstić information content (AvgIpc) is 2.03. The summed E-state index contributed by atoms with van der Waals surface area (Å²) in [7, 11) is 1.47. The quantitative estimate of drug-likeness (QED) is 0.679. The van der Waals surface area contributed by atoms with Gasteiger partial charge in [-0.2, -0.15) is 0 Å². The fraction of sp³-hybridized carbons (Fsp3) is 0.250. The zero-order chi connectivity index (χ0) is 9.14.